The molecular weight excluding hydrogens is 355 g/mol. The van der Waals surface area contributed by atoms with Crippen LogP contribution in [0.5, 0.6) is 0 Å². The quantitative estimate of drug-likeness (QED) is 0.652. The van der Waals surface area contributed by atoms with Crippen molar-refractivity contribution < 1.29 is 0 Å². The van der Waals surface area contributed by atoms with Crippen molar-refractivity contribution in [2.45, 2.75) is 25.4 Å². The molecule has 130 valence electrons. The molecule has 1 atom stereocenters. The Bertz CT molecular complexity index is 798. The van der Waals surface area contributed by atoms with Crippen LogP contribution in [-0.2, 0) is 6.54 Å². The largest absolute Gasteiger partial charge is 0.305 e. The molecule has 0 bridgehead atoms. The van der Waals surface area contributed by atoms with Crippen molar-refractivity contribution in [2.24, 2.45) is 5.92 Å². The first kappa shape index (κ1) is 17.9. The third-order valence-electron chi connectivity index (χ3n) is 4.50. The lowest BCUT2D eigenvalue weighted by Gasteiger charge is -2.19. The number of halogens is 2. The Morgan fingerprint density at radius 3 is 2.64 bits per heavy atom. The monoisotopic (exact) mass is 374 g/mol. The van der Waals surface area contributed by atoms with Crippen LogP contribution in [0, 0.1) is 5.92 Å². The standard InChI is InChI=1S/C19H19ClN4.ClH/c20-17-7-5-14(6-8-17)18(13-3-4-13)22-11-16-12-23-24-19(16)15-2-1-9-21-10-15;/h1-2,5-10,12-13,18,22H,3-4,11H2,(H,23,24);1H. The summed E-state index contributed by atoms with van der Waals surface area (Å²) in [7, 11) is 0. The van der Waals surface area contributed by atoms with Crippen LogP contribution in [0.25, 0.3) is 11.3 Å². The molecule has 0 saturated heterocycles. The number of rotatable bonds is 6. The second kappa shape index (κ2) is 8.00. The molecule has 0 radical (unpaired) electrons. The molecule has 1 aliphatic rings. The lowest BCUT2D eigenvalue weighted by Crippen LogP contribution is -2.22. The van der Waals surface area contributed by atoms with Crippen molar-refractivity contribution in [3.05, 3.63) is 71.1 Å². The Morgan fingerprint density at radius 2 is 1.96 bits per heavy atom. The van der Waals surface area contributed by atoms with E-state index in [4.69, 9.17) is 11.6 Å². The Labute approximate surface area is 158 Å². The second-order valence-corrected chi connectivity index (χ2v) is 6.70. The fraction of sp³-hybridized carbons (Fsp3) is 0.263. The van der Waals surface area contributed by atoms with Crippen molar-refractivity contribution in [3.8, 4) is 11.3 Å². The predicted octanol–water partition coefficient (Wildman–Crippen LogP) is 4.79. The summed E-state index contributed by atoms with van der Waals surface area (Å²) >= 11 is 6.02. The topological polar surface area (TPSA) is 53.6 Å². The summed E-state index contributed by atoms with van der Waals surface area (Å²) in [5.74, 6) is 0.708. The first-order valence-electron chi connectivity index (χ1n) is 8.23. The summed E-state index contributed by atoms with van der Waals surface area (Å²) in [4.78, 5) is 4.19. The van der Waals surface area contributed by atoms with Crippen molar-refractivity contribution in [1.82, 2.24) is 20.5 Å². The van der Waals surface area contributed by atoms with Gasteiger partial charge in [-0.1, -0.05) is 23.7 Å². The number of aromatic nitrogens is 3. The van der Waals surface area contributed by atoms with Gasteiger partial charge in [-0.15, -0.1) is 12.4 Å². The molecule has 2 heterocycles. The molecule has 1 unspecified atom stereocenters. The van der Waals surface area contributed by atoms with E-state index in [0.717, 1.165) is 28.4 Å². The summed E-state index contributed by atoms with van der Waals surface area (Å²) in [6, 6.07) is 12.5. The summed E-state index contributed by atoms with van der Waals surface area (Å²) in [5, 5.41) is 11.8. The Kier molecular flexibility index (Phi) is 5.74. The van der Waals surface area contributed by atoms with Crippen LogP contribution in [-0.4, -0.2) is 15.2 Å². The van der Waals surface area contributed by atoms with Crippen LogP contribution < -0.4 is 5.32 Å². The SMILES string of the molecule is Cl.Clc1ccc(C(NCc2cn[nH]c2-c2cccnc2)C2CC2)cc1. The van der Waals surface area contributed by atoms with Gasteiger partial charge in [0.05, 0.1) is 11.9 Å². The summed E-state index contributed by atoms with van der Waals surface area (Å²) in [6.07, 6.45) is 8.08. The van der Waals surface area contributed by atoms with Crippen LogP contribution in [0.3, 0.4) is 0 Å². The number of hydrogen-bond donors (Lipinski definition) is 2. The molecular formula is C19H20Cl2N4. The van der Waals surface area contributed by atoms with E-state index in [1.165, 1.54) is 18.4 Å². The minimum absolute atomic E-state index is 0. The average Bonchev–Trinajstić information content (AvgIpc) is 3.35. The van der Waals surface area contributed by atoms with E-state index in [0.29, 0.717) is 12.0 Å². The predicted molar refractivity (Wildman–Crippen MR) is 103 cm³/mol. The number of nitrogens with zero attached hydrogens (tertiary/aromatic N) is 2. The highest BCUT2D eigenvalue weighted by Crippen LogP contribution is 2.41. The third kappa shape index (κ3) is 4.21. The van der Waals surface area contributed by atoms with E-state index in [1.54, 1.807) is 6.20 Å². The highest BCUT2D eigenvalue weighted by Gasteiger charge is 2.32. The van der Waals surface area contributed by atoms with Crippen LogP contribution >= 0.6 is 24.0 Å². The van der Waals surface area contributed by atoms with Crippen LogP contribution in [0.15, 0.2) is 55.0 Å². The average molecular weight is 375 g/mol. The van der Waals surface area contributed by atoms with Gasteiger partial charge in [-0.3, -0.25) is 10.1 Å². The highest BCUT2D eigenvalue weighted by atomic mass is 35.5. The van der Waals surface area contributed by atoms with Gasteiger partial charge >= 0.3 is 0 Å². The molecule has 0 amide bonds. The molecule has 2 aromatic heterocycles. The Morgan fingerprint density at radius 1 is 1.16 bits per heavy atom. The lowest BCUT2D eigenvalue weighted by molar-refractivity contribution is 0.481. The van der Waals surface area contributed by atoms with Gasteiger partial charge in [0.2, 0.25) is 0 Å². The van der Waals surface area contributed by atoms with Gasteiger partial charge in [-0.2, -0.15) is 5.10 Å². The molecule has 1 aromatic carbocycles. The molecule has 3 aromatic rings. The lowest BCUT2D eigenvalue weighted by atomic mass is 10.0. The van der Waals surface area contributed by atoms with Crippen LogP contribution in [0.4, 0.5) is 0 Å². The molecule has 0 aliphatic heterocycles. The third-order valence-corrected chi connectivity index (χ3v) is 4.76. The van der Waals surface area contributed by atoms with E-state index in [1.807, 2.05) is 36.7 Å². The number of aromatic amines is 1. The molecule has 0 spiro atoms. The smallest absolute Gasteiger partial charge is 0.0710 e. The molecule has 25 heavy (non-hydrogen) atoms. The first-order valence-corrected chi connectivity index (χ1v) is 8.60. The van der Waals surface area contributed by atoms with E-state index in [9.17, 15) is 0 Å². The van der Waals surface area contributed by atoms with Crippen molar-refractivity contribution in [2.75, 3.05) is 0 Å². The van der Waals surface area contributed by atoms with Gasteiger partial charge < -0.3 is 5.32 Å². The number of benzene rings is 1. The summed E-state index contributed by atoms with van der Waals surface area (Å²) in [6.45, 7) is 0.768. The maximum atomic E-state index is 6.02. The second-order valence-electron chi connectivity index (χ2n) is 6.26. The number of H-pyrrole nitrogens is 1. The molecule has 2 N–H and O–H groups in total. The Hall–Kier alpha value is -1.88. The molecule has 4 nitrogen and oxygen atoms in total. The van der Waals surface area contributed by atoms with E-state index < -0.39 is 0 Å². The normalized spacial score (nSPS) is 14.8. The zero-order valence-corrected chi connectivity index (χ0v) is 15.2. The molecule has 4 rings (SSSR count). The fourth-order valence-corrected chi connectivity index (χ4v) is 3.21. The summed E-state index contributed by atoms with van der Waals surface area (Å²) < 4.78 is 0. The molecule has 1 saturated carbocycles. The van der Waals surface area contributed by atoms with Crippen LogP contribution in [0.1, 0.15) is 30.0 Å². The number of pyridine rings is 1. The zero-order chi connectivity index (χ0) is 16.4. The van der Waals surface area contributed by atoms with Crippen LogP contribution in [0.2, 0.25) is 5.02 Å². The first-order chi connectivity index (χ1) is 11.8. The van der Waals surface area contributed by atoms with Gasteiger partial charge in [-0.25, -0.2) is 0 Å². The molecule has 1 fully saturated rings. The van der Waals surface area contributed by atoms with E-state index in [-0.39, 0.29) is 12.4 Å². The zero-order valence-electron chi connectivity index (χ0n) is 13.7. The van der Waals surface area contributed by atoms with Crippen molar-refractivity contribution in [3.63, 3.8) is 0 Å². The number of hydrogen-bond acceptors (Lipinski definition) is 3. The van der Waals surface area contributed by atoms with Crippen molar-refractivity contribution in [1.29, 1.82) is 0 Å². The van der Waals surface area contributed by atoms with E-state index in [2.05, 4.69) is 32.6 Å². The van der Waals surface area contributed by atoms with Gasteiger partial charge in [0.15, 0.2) is 0 Å². The van der Waals surface area contributed by atoms with Crippen molar-refractivity contribution >= 4 is 24.0 Å². The number of nitrogens with one attached hydrogen (secondary N) is 2. The van der Waals surface area contributed by atoms with Gasteiger partial charge in [-0.05, 0) is 48.6 Å². The summed E-state index contributed by atoms with van der Waals surface area (Å²) in [5.41, 5.74) is 4.54. The van der Waals surface area contributed by atoms with Gasteiger partial charge in [0, 0.05) is 41.1 Å². The minimum Gasteiger partial charge on any atom is -0.305 e. The minimum atomic E-state index is 0. The fourth-order valence-electron chi connectivity index (χ4n) is 3.08. The molecule has 6 heteroatoms. The Balaban J connectivity index is 0.00000182. The van der Waals surface area contributed by atoms with Gasteiger partial charge in [0.25, 0.3) is 0 Å². The molecule has 1 aliphatic carbocycles. The maximum absolute atomic E-state index is 6.02. The highest BCUT2D eigenvalue weighted by molar-refractivity contribution is 6.30. The van der Waals surface area contributed by atoms with Gasteiger partial charge in [0.1, 0.15) is 0 Å². The van der Waals surface area contributed by atoms with E-state index >= 15 is 0 Å². The maximum Gasteiger partial charge on any atom is 0.0710 e.